The molecule has 158 valence electrons. The molecular weight excluding hydrogens is 406 g/mol. The van der Waals surface area contributed by atoms with Gasteiger partial charge in [-0.15, -0.1) is 11.8 Å². The van der Waals surface area contributed by atoms with Crippen LogP contribution < -0.4 is 4.74 Å². The molecule has 1 N–H and O–H groups in total. The number of fused-ring (bicyclic) bond motifs is 3. The summed E-state index contributed by atoms with van der Waals surface area (Å²) in [4.78, 5) is 14.1. The number of nitrogens with zero attached hydrogens (tertiary/aromatic N) is 1. The lowest BCUT2D eigenvalue weighted by Crippen LogP contribution is -2.32. The topological polar surface area (TPSA) is 49.8 Å². The van der Waals surface area contributed by atoms with E-state index in [0.29, 0.717) is 12.2 Å². The van der Waals surface area contributed by atoms with Gasteiger partial charge in [0.1, 0.15) is 12.4 Å². The molecule has 1 unspecified atom stereocenters. The number of rotatable bonds is 5. The van der Waals surface area contributed by atoms with E-state index in [-0.39, 0.29) is 5.25 Å². The summed E-state index contributed by atoms with van der Waals surface area (Å²) in [6.07, 6.45) is 1.10. The number of hydrogen-bond acceptors (Lipinski definition) is 4. The van der Waals surface area contributed by atoms with Crippen molar-refractivity contribution in [3.8, 4) is 5.75 Å². The summed E-state index contributed by atoms with van der Waals surface area (Å²) in [5, 5.41) is 9.57. The molecule has 0 spiro atoms. The van der Waals surface area contributed by atoms with Crippen LogP contribution in [0.4, 0.5) is 0 Å². The summed E-state index contributed by atoms with van der Waals surface area (Å²) < 4.78 is 6.06. The van der Waals surface area contributed by atoms with Crippen molar-refractivity contribution >= 4 is 17.7 Å². The van der Waals surface area contributed by atoms with Gasteiger partial charge in [-0.25, -0.2) is 4.79 Å². The van der Waals surface area contributed by atoms with E-state index in [1.165, 1.54) is 22.3 Å². The van der Waals surface area contributed by atoms with Crippen LogP contribution in [0, 0.1) is 0 Å². The van der Waals surface area contributed by atoms with Crippen molar-refractivity contribution in [1.29, 1.82) is 0 Å². The van der Waals surface area contributed by atoms with Crippen molar-refractivity contribution in [2.24, 2.45) is 0 Å². The van der Waals surface area contributed by atoms with E-state index in [2.05, 4.69) is 47.4 Å². The number of carboxylic acids is 1. The van der Waals surface area contributed by atoms with E-state index in [9.17, 15) is 9.90 Å². The lowest BCUT2D eigenvalue weighted by molar-refractivity contribution is 0.0696. The molecule has 0 saturated carbocycles. The Bertz CT molecular complexity index is 1110. The van der Waals surface area contributed by atoms with E-state index in [1.54, 1.807) is 18.2 Å². The molecule has 0 bridgehead atoms. The maximum Gasteiger partial charge on any atom is 0.335 e. The smallest absolute Gasteiger partial charge is 0.335 e. The molecule has 2 aliphatic heterocycles. The maximum atomic E-state index is 11.6. The minimum atomic E-state index is -0.906. The summed E-state index contributed by atoms with van der Waals surface area (Å²) in [6.45, 7) is 3.60. The van der Waals surface area contributed by atoms with Crippen molar-refractivity contribution in [1.82, 2.24) is 4.90 Å². The van der Waals surface area contributed by atoms with E-state index in [4.69, 9.17) is 4.74 Å². The van der Waals surface area contributed by atoms with Gasteiger partial charge in [0, 0.05) is 31.0 Å². The molecule has 0 aliphatic carbocycles. The molecule has 0 saturated heterocycles. The van der Waals surface area contributed by atoms with Gasteiger partial charge in [-0.05, 0) is 46.9 Å². The van der Waals surface area contributed by atoms with Crippen molar-refractivity contribution in [3.05, 3.63) is 100 Å². The van der Waals surface area contributed by atoms with Crippen molar-refractivity contribution in [2.45, 2.75) is 24.8 Å². The van der Waals surface area contributed by atoms with Crippen LogP contribution in [0.2, 0.25) is 0 Å². The average Bonchev–Trinajstić information content (AvgIpc) is 2.96. The predicted octanol–water partition coefficient (Wildman–Crippen LogP) is 5.16. The first kappa shape index (κ1) is 20.2. The summed E-state index contributed by atoms with van der Waals surface area (Å²) in [7, 11) is 0. The number of aromatic carboxylic acids is 1. The van der Waals surface area contributed by atoms with Gasteiger partial charge < -0.3 is 9.84 Å². The van der Waals surface area contributed by atoms with E-state index >= 15 is 0 Å². The molecule has 2 aliphatic rings. The molecule has 4 nitrogen and oxygen atoms in total. The van der Waals surface area contributed by atoms with Crippen LogP contribution in [-0.2, 0) is 19.6 Å². The minimum Gasteiger partial charge on any atom is -0.489 e. The van der Waals surface area contributed by atoms with Gasteiger partial charge in [-0.1, -0.05) is 48.5 Å². The van der Waals surface area contributed by atoms with Gasteiger partial charge in [-0.2, -0.15) is 0 Å². The second-order valence-corrected chi connectivity index (χ2v) is 9.30. The largest absolute Gasteiger partial charge is 0.489 e. The van der Waals surface area contributed by atoms with E-state index in [0.717, 1.165) is 43.1 Å². The molecular formula is C26H25NO3S. The third-order valence-corrected chi connectivity index (χ3v) is 7.42. The maximum absolute atomic E-state index is 11.6. The van der Waals surface area contributed by atoms with Gasteiger partial charge >= 0.3 is 5.97 Å². The van der Waals surface area contributed by atoms with Crippen LogP contribution in [0.1, 0.15) is 43.4 Å². The predicted molar refractivity (Wildman–Crippen MR) is 124 cm³/mol. The minimum absolute atomic E-state index is 0.0603. The fraction of sp³-hybridized carbons (Fsp3) is 0.269. The molecule has 0 fully saturated rings. The number of thioether (sulfide) groups is 1. The first-order valence-electron chi connectivity index (χ1n) is 10.7. The number of carboxylic acid groups (broad SMARTS) is 1. The number of carbonyl (C=O) groups is 1. The Hall–Kier alpha value is -2.76. The monoisotopic (exact) mass is 431 g/mol. The first-order chi connectivity index (χ1) is 15.2. The zero-order chi connectivity index (χ0) is 21.2. The zero-order valence-corrected chi connectivity index (χ0v) is 18.1. The second kappa shape index (κ2) is 8.77. The molecule has 3 aromatic carbocycles. The van der Waals surface area contributed by atoms with Crippen LogP contribution in [0.5, 0.6) is 5.75 Å². The highest BCUT2D eigenvalue weighted by Crippen LogP contribution is 2.44. The number of ether oxygens (including phenoxy) is 1. The third kappa shape index (κ3) is 4.21. The van der Waals surface area contributed by atoms with Crippen molar-refractivity contribution in [2.75, 3.05) is 18.8 Å². The molecule has 2 heterocycles. The lowest BCUT2D eigenvalue weighted by atomic mass is 9.98. The highest BCUT2D eigenvalue weighted by molar-refractivity contribution is 7.99. The molecule has 0 aromatic heterocycles. The lowest BCUT2D eigenvalue weighted by Gasteiger charge is -2.29. The van der Waals surface area contributed by atoms with Crippen LogP contribution in [0.3, 0.4) is 0 Å². The van der Waals surface area contributed by atoms with Gasteiger partial charge in [0.2, 0.25) is 0 Å². The van der Waals surface area contributed by atoms with Crippen molar-refractivity contribution in [3.63, 3.8) is 0 Å². The average molecular weight is 432 g/mol. The van der Waals surface area contributed by atoms with E-state index in [1.807, 2.05) is 17.8 Å². The van der Waals surface area contributed by atoms with Crippen LogP contribution in [0.25, 0.3) is 0 Å². The fourth-order valence-electron chi connectivity index (χ4n) is 4.49. The van der Waals surface area contributed by atoms with E-state index < -0.39 is 5.97 Å². The highest BCUT2D eigenvalue weighted by Gasteiger charge is 2.26. The molecule has 0 amide bonds. The van der Waals surface area contributed by atoms with Crippen LogP contribution in [0.15, 0.2) is 66.7 Å². The van der Waals surface area contributed by atoms with Gasteiger partial charge in [-0.3, -0.25) is 4.90 Å². The fourth-order valence-corrected chi connectivity index (χ4v) is 5.86. The molecule has 5 heteroatoms. The van der Waals surface area contributed by atoms with Gasteiger partial charge in [0.25, 0.3) is 0 Å². The zero-order valence-electron chi connectivity index (χ0n) is 17.3. The third-order valence-electron chi connectivity index (χ3n) is 6.16. The van der Waals surface area contributed by atoms with Gasteiger partial charge in [0.15, 0.2) is 0 Å². The SMILES string of the molecule is O=C(O)c1ccc2c(c1)C(SCCN1CCc3ccccc3C1)c1ccccc1CO2. The molecule has 3 aromatic rings. The van der Waals surface area contributed by atoms with Crippen LogP contribution >= 0.6 is 11.8 Å². The molecule has 1 atom stereocenters. The quantitative estimate of drug-likeness (QED) is 0.605. The second-order valence-electron chi connectivity index (χ2n) is 8.09. The Kier molecular flexibility index (Phi) is 5.70. The first-order valence-corrected chi connectivity index (χ1v) is 11.7. The van der Waals surface area contributed by atoms with Crippen LogP contribution in [-0.4, -0.2) is 34.8 Å². The number of benzene rings is 3. The Morgan fingerprint density at radius 1 is 1.00 bits per heavy atom. The molecule has 31 heavy (non-hydrogen) atoms. The van der Waals surface area contributed by atoms with Crippen molar-refractivity contribution < 1.29 is 14.6 Å². The Balaban J connectivity index is 1.37. The highest BCUT2D eigenvalue weighted by atomic mass is 32.2. The normalized spacial score (nSPS) is 17.6. The molecule has 0 radical (unpaired) electrons. The summed E-state index contributed by atoms with van der Waals surface area (Å²) in [5.41, 5.74) is 6.55. The molecule has 5 rings (SSSR count). The standard InChI is InChI=1S/C26H25NO3S/c28-26(29)19-9-10-24-23(15-19)25(22-8-4-3-7-21(22)17-30-24)31-14-13-27-12-11-18-5-1-2-6-20(18)16-27/h1-10,15,25H,11-14,16-17H2,(H,28,29). The summed E-state index contributed by atoms with van der Waals surface area (Å²) >= 11 is 1.88. The van der Waals surface area contributed by atoms with Gasteiger partial charge in [0.05, 0.1) is 10.8 Å². The Labute approximate surface area is 186 Å². The summed E-state index contributed by atoms with van der Waals surface area (Å²) in [6, 6.07) is 22.3. The number of hydrogen-bond donors (Lipinski definition) is 1. The summed E-state index contributed by atoms with van der Waals surface area (Å²) in [5.74, 6) is 0.847. The Morgan fingerprint density at radius 3 is 2.61 bits per heavy atom. The Morgan fingerprint density at radius 2 is 1.77 bits per heavy atom.